The molecular weight excluding hydrogens is 269 g/mol. The predicted molar refractivity (Wildman–Crippen MR) is 74.6 cm³/mol. The van der Waals surface area contributed by atoms with E-state index in [0.717, 1.165) is 5.69 Å². The maximum absolute atomic E-state index is 13.0. The van der Waals surface area contributed by atoms with Crippen LogP contribution in [0.4, 0.5) is 4.39 Å². The molecule has 0 aliphatic rings. The van der Waals surface area contributed by atoms with Crippen LogP contribution in [-0.4, -0.2) is 22.7 Å². The van der Waals surface area contributed by atoms with Gasteiger partial charge in [0.25, 0.3) is 0 Å². The van der Waals surface area contributed by atoms with Crippen molar-refractivity contribution in [3.8, 4) is 11.4 Å². The normalized spacial score (nSPS) is 10.9. The van der Waals surface area contributed by atoms with Gasteiger partial charge in [-0.15, -0.1) is 12.4 Å². The Hall–Kier alpha value is -1.85. The average Bonchev–Trinajstić information content (AvgIpc) is 2.91. The van der Waals surface area contributed by atoms with Gasteiger partial charge < -0.3 is 15.0 Å². The highest BCUT2D eigenvalue weighted by atomic mass is 35.5. The zero-order valence-electron chi connectivity index (χ0n) is 10.2. The van der Waals surface area contributed by atoms with Gasteiger partial charge in [-0.3, -0.25) is 0 Å². The summed E-state index contributed by atoms with van der Waals surface area (Å²) in [6, 6.07) is 7.32. The number of benzene rings is 1. The largest absolute Gasteiger partial charge is 0.487 e. The first-order valence-corrected chi connectivity index (χ1v) is 5.55. The summed E-state index contributed by atoms with van der Waals surface area (Å²) >= 11 is 0. The fraction of sp³-hybridized carbons (Fsp3) is 0.154. The quantitative estimate of drug-likeness (QED) is 0.917. The SMILES string of the molecule is Cl.NC/C=C(/F)COc1ccc(-n2ccnc2)cc1. The topological polar surface area (TPSA) is 53.1 Å². The highest BCUT2D eigenvalue weighted by Gasteiger charge is 1.99. The van der Waals surface area contributed by atoms with Gasteiger partial charge in [-0.1, -0.05) is 0 Å². The van der Waals surface area contributed by atoms with Gasteiger partial charge in [0.2, 0.25) is 0 Å². The molecule has 0 atom stereocenters. The van der Waals surface area contributed by atoms with E-state index in [2.05, 4.69) is 4.98 Å². The summed E-state index contributed by atoms with van der Waals surface area (Å²) in [4.78, 5) is 3.96. The molecule has 0 fully saturated rings. The van der Waals surface area contributed by atoms with Crippen molar-refractivity contribution >= 4 is 12.4 Å². The number of nitrogens with two attached hydrogens (primary N) is 1. The second-order valence-electron chi connectivity index (χ2n) is 3.64. The molecule has 0 bridgehead atoms. The van der Waals surface area contributed by atoms with Gasteiger partial charge in [0.1, 0.15) is 18.2 Å². The Morgan fingerprint density at radius 1 is 1.37 bits per heavy atom. The highest BCUT2D eigenvalue weighted by Crippen LogP contribution is 2.15. The minimum absolute atomic E-state index is 0. The van der Waals surface area contributed by atoms with E-state index in [9.17, 15) is 4.39 Å². The summed E-state index contributed by atoms with van der Waals surface area (Å²) in [6.07, 6.45) is 6.55. The zero-order chi connectivity index (χ0) is 12.8. The number of nitrogens with zero attached hydrogens (tertiary/aromatic N) is 2. The van der Waals surface area contributed by atoms with Gasteiger partial charge in [-0.25, -0.2) is 9.37 Å². The smallest absolute Gasteiger partial charge is 0.139 e. The molecule has 19 heavy (non-hydrogen) atoms. The lowest BCUT2D eigenvalue weighted by atomic mass is 10.3. The Morgan fingerprint density at radius 2 is 2.11 bits per heavy atom. The number of imidazole rings is 1. The molecule has 1 aromatic heterocycles. The molecule has 0 unspecified atom stereocenters. The molecular formula is C13H15ClFN3O. The first-order valence-electron chi connectivity index (χ1n) is 5.55. The van der Waals surface area contributed by atoms with Crippen LogP contribution in [0.3, 0.4) is 0 Å². The third-order valence-electron chi connectivity index (χ3n) is 2.36. The van der Waals surface area contributed by atoms with Gasteiger partial charge in [0.15, 0.2) is 0 Å². The summed E-state index contributed by atoms with van der Waals surface area (Å²) < 4.78 is 20.2. The first-order chi connectivity index (χ1) is 8.79. The average molecular weight is 284 g/mol. The number of ether oxygens (including phenoxy) is 1. The van der Waals surface area contributed by atoms with Crippen molar-refractivity contribution in [2.24, 2.45) is 5.73 Å². The summed E-state index contributed by atoms with van der Waals surface area (Å²) in [5.74, 6) is 0.246. The Kier molecular flexibility index (Phi) is 6.05. The van der Waals surface area contributed by atoms with Gasteiger partial charge in [0, 0.05) is 24.6 Å². The maximum atomic E-state index is 13.0. The monoisotopic (exact) mass is 283 g/mol. The van der Waals surface area contributed by atoms with E-state index >= 15 is 0 Å². The number of rotatable bonds is 5. The molecule has 4 nitrogen and oxygen atoms in total. The molecule has 0 amide bonds. The number of hydrogen-bond donors (Lipinski definition) is 1. The first kappa shape index (κ1) is 15.2. The van der Waals surface area contributed by atoms with Gasteiger partial charge >= 0.3 is 0 Å². The van der Waals surface area contributed by atoms with Crippen LogP contribution in [0.2, 0.25) is 0 Å². The van der Waals surface area contributed by atoms with Crippen molar-refractivity contribution in [3.63, 3.8) is 0 Å². The Labute approximate surface area is 117 Å². The van der Waals surface area contributed by atoms with Crippen LogP contribution in [0.15, 0.2) is 54.9 Å². The molecule has 0 saturated heterocycles. The third-order valence-corrected chi connectivity index (χ3v) is 2.36. The second-order valence-corrected chi connectivity index (χ2v) is 3.64. The van der Waals surface area contributed by atoms with E-state index in [1.54, 1.807) is 24.7 Å². The van der Waals surface area contributed by atoms with Crippen molar-refractivity contribution < 1.29 is 9.13 Å². The van der Waals surface area contributed by atoms with Crippen LogP contribution in [-0.2, 0) is 0 Å². The van der Waals surface area contributed by atoms with E-state index in [1.807, 2.05) is 22.9 Å². The molecule has 2 rings (SSSR count). The fourth-order valence-corrected chi connectivity index (χ4v) is 1.47. The van der Waals surface area contributed by atoms with Gasteiger partial charge in [-0.2, -0.15) is 0 Å². The van der Waals surface area contributed by atoms with Gasteiger partial charge in [0.05, 0.1) is 6.33 Å². The molecule has 1 heterocycles. The molecule has 2 aromatic rings. The standard InChI is InChI=1S/C13H14FN3O.ClH/c14-11(5-6-15)9-18-13-3-1-12(2-4-13)17-8-7-16-10-17;/h1-5,7-8,10H,6,9,15H2;1H/b11-5+;. The summed E-state index contributed by atoms with van der Waals surface area (Å²) in [5.41, 5.74) is 6.16. The van der Waals surface area contributed by atoms with E-state index in [1.165, 1.54) is 6.08 Å². The molecule has 0 radical (unpaired) electrons. The van der Waals surface area contributed by atoms with Crippen LogP contribution < -0.4 is 10.5 Å². The van der Waals surface area contributed by atoms with Crippen molar-refractivity contribution in [3.05, 3.63) is 54.9 Å². The summed E-state index contributed by atoms with van der Waals surface area (Å²) in [7, 11) is 0. The van der Waals surface area contributed by atoms with Crippen molar-refractivity contribution in [1.29, 1.82) is 0 Å². The second kappa shape index (κ2) is 7.56. The molecule has 0 saturated carbocycles. The maximum Gasteiger partial charge on any atom is 0.139 e. The summed E-state index contributed by atoms with van der Waals surface area (Å²) in [5, 5.41) is 0. The lowest BCUT2D eigenvalue weighted by Gasteiger charge is -2.06. The van der Waals surface area contributed by atoms with Crippen molar-refractivity contribution in [2.45, 2.75) is 0 Å². The van der Waals surface area contributed by atoms with Crippen LogP contribution in [0, 0.1) is 0 Å². The minimum Gasteiger partial charge on any atom is -0.487 e. The molecule has 0 spiro atoms. The molecule has 102 valence electrons. The molecule has 2 N–H and O–H groups in total. The lowest BCUT2D eigenvalue weighted by Crippen LogP contribution is -2.01. The molecule has 1 aromatic carbocycles. The van der Waals surface area contributed by atoms with E-state index in [0.29, 0.717) is 5.75 Å². The Balaban J connectivity index is 0.00000180. The third kappa shape index (κ3) is 4.39. The van der Waals surface area contributed by atoms with Crippen LogP contribution >= 0.6 is 12.4 Å². The van der Waals surface area contributed by atoms with Gasteiger partial charge in [-0.05, 0) is 30.3 Å². The Bertz CT molecular complexity index is 511. The molecule has 6 heteroatoms. The van der Waals surface area contributed by atoms with Crippen LogP contribution in [0.5, 0.6) is 5.75 Å². The van der Waals surface area contributed by atoms with Crippen molar-refractivity contribution in [1.82, 2.24) is 9.55 Å². The number of halogens is 2. The van der Waals surface area contributed by atoms with Crippen LogP contribution in [0.1, 0.15) is 0 Å². The number of aromatic nitrogens is 2. The number of hydrogen-bond acceptors (Lipinski definition) is 3. The predicted octanol–water partition coefficient (Wildman–Crippen LogP) is 2.49. The van der Waals surface area contributed by atoms with Crippen molar-refractivity contribution in [2.75, 3.05) is 13.2 Å². The molecule has 0 aliphatic carbocycles. The molecule has 0 aliphatic heterocycles. The van der Waals surface area contributed by atoms with E-state index in [-0.39, 0.29) is 31.4 Å². The van der Waals surface area contributed by atoms with Crippen LogP contribution in [0.25, 0.3) is 5.69 Å². The minimum atomic E-state index is -0.365. The lowest BCUT2D eigenvalue weighted by molar-refractivity contribution is 0.318. The van der Waals surface area contributed by atoms with E-state index in [4.69, 9.17) is 10.5 Å². The highest BCUT2D eigenvalue weighted by molar-refractivity contribution is 5.85. The summed E-state index contributed by atoms with van der Waals surface area (Å²) in [6.45, 7) is 0.0797. The fourth-order valence-electron chi connectivity index (χ4n) is 1.47. The zero-order valence-corrected chi connectivity index (χ0v) is 11.0. The van der Waals surface area contributed by atoms with E-state index < -0.39 is 0 Å². The Morgan fingerprint density at radius 3 is 2.68 bits per heavy atom.